The lowest BCUT2D eigenvalue weighted by Gasteiger charge is -2.11. The van der Waals surface area contributed by atoms with Crippen molar-refractivity contribution in [2.45, 2.75) is 27.3 Å². The normalized spacial score (nSPS) is 10.5. The van der Waals surface area contributed by atoms with Crippen LogP contribution in [-0.2, 0) is 6.54 Å². The first-order chi connectivity index (χ1) is 9.13. The smallest absolute Gasteiger partial charge is 0.187 e. The zero-order chi connectivity index (χ0) is 13.8. The van der Waals surface area contributed by atoms with Crippen LogP contribution in [0.4, 0.5) is 10.8 Å². The van der Waals surface area contributed by atoms with Crippen LogP contribution < -0.4 is 15.8 Å². The maximum atomic E-state index is 5.75. The first kappa shape index (κ1) is 13.8. The highest BCUT2D eigenvalue weighted by atomic mass is 32.1. The summed E-state index contributed by atoms with van der Waals surface area (Å²) < 4.78 is 5.54. The lowest BCUT2D eigenvalue weighted by Crippen LogP contribution is -2.03. The fourth-order valence-corrected chi connectivity index (χ4v) is 2.60. The van der Waals surface area contributed by atoms with Crippen LogP contribution in [0.3, 0.4) is 0 Å². The Hall–Kier alpha value is -1.59. The Morgan fingerprint density at radius 1 is 1.37 bits per heavy atom. The van der Waals surface area contributed by atoms with E-state index in [9.17, 15) is 0 Å². The number of aryl methyl sites for hydroxylation is 2. The van der Waals surface area contributed by atoms with Crippen molar-refractivity contribution in [2.75, 3.05) is 11.9 Å². The Kier molecular flexibility index (Phi) is 4.39. The maximum absolute atomic E-state index is 5.75. The molecule has 3 N–H and O–H groups in total. The standard InChI is InChI=1S/C14H19N3OS/c1-4-18-13-6-5-12(7-11(13)8-15)17-14-16-9(2)10(3)19-14/h5-7H,4,8,15H2,1-3H3,(H,16,17). The van der Waals surface area contributed by atoms with Gasteiger partial charge < -0.3 is 15.8 Å². The van der Waals surface area contributed by atoms with Gasteiger partial charge >= 0.3 is 0 Å². The Labute approximate surface area is 117 Å². The lowest BCUT2D eigenvalue weighted by molar-refractivity contribution is 0.336. The summed E-state index contributed by atoms with van der Waals surface area (Å²) in [5.41, 5.74) is 8.80. The van der Waals surface area contributed by atoms with E-state index in [1.54, 1.807) is 11.3 Å². The third kappa shape index (κ3) is 3.24. The van der Waals surface area contributed by atoms with Crippen LogP contribution in [0.15, 0.2) is 18.2 Å². The highest BCUT2D eigenvalue weighted by molar-refractivity contribution is 7.15. The molecule has 0 aliphatic carbocycles. The van der Waals surface area contributed by atoms with E-state index in [2.05, 4.69) is 17.2 Å². The number of anilines is 2. The second-order valence-electron chi connectivity index (χ2n) is 4.25. The third-order valence-corrected chi connectivity index (χ3v) is 3.85. The average molecular weight is 277 g/mol. The zero-order valence-corrected chi connectivity index (χ0v) is 12.3. The Balaban J connectivity index is 2.21. The largest absolute Gasteiger partial charge is 0.494 e. The van der Waals surface area contributed by atoms with E-state index in [0.29, 0.717) is 13.2 Å². The molecule has 0 aliphatic heterocycles. The van der Waals surface area contributed by atoms with Crippen LogP contribution in [0.5, 0.6) is 5.75 Å². The van der Waals surface area contributed by atoms with Crippen molar-refractivity contribution in [2.24, 2.45) is 5.73 Å². The molecule has 1 heterocycles. The number of thiazole rings is 1. The summed E-state index contributed by atoms with van der Waals surface area (Å²) in [7, 11) is 0. The molecule has 0 fully saturated rings. The molecule has 0 saturated heterocycles. The van der Waals surface area contributed by atoms with E-state index in [0.717, 1.165) is 27.8 Å². The van der Waals surface area contributed by atoms with E-state index >= 15 is 0 Å². The summed E-state index contributed by atoms with van der Waals surface area (Å²) in [6.45, 7) is 7.15. The molecule has 4 nitrogen and oxygen atoms in total. The molecule has 0 unspecified atom stereocenters. The Bertz CT molecular complexity index is 546. The van der Waals surface area contributed by atoms with Crippen LogP contribution in [0, 0.1) is 13.8 Å². The van der Waals surface area contributed by atoms with Gasteiger partial charge in [-0.15, -0.1) is 11.3 Å². The minimum atomic E-state index is 0.459. The summed E-state index contributed by atoms with van der Waals surface area (Å²) in [4.78, 5) is 5.69. The van der Waals surface area contributed by atoms with Gasteiger partial charge in [0.2, 0.25) is 0 Å². The molecule has 0 aliphatic rings. The molecule has 2 rings (SSSR count). The Morgan fingerprint density at radius 3 is 2.74 bits per heavy atom. The van der Waals surface area contributed by atoms with Crippen LogP contribution in [0.25, 0.3) is 0 Å². The number of rotatable bonds is 5. The van der Waals surface area contributed by atoms with Gasteiger partial charge in [0.25, 0.3) is 0 Å². The van der Waals surface area contributed by atoms with Gasteiger partial charge in [-0.05, 0) is 39.0 Å². The van der Waals surface area contributed by atoms with E-state index < -0.39 is 0 Å². The quantitative estimate of drug-likeness (QED) is 0.879. The van der Waals surface area contributed by atoms with Gasteiger partial charge in [-0.1, -0.05) is 0 Å². The zero-order valence-electron chi connectivity index (χ0n) is 11.5. The molecule has 19 heavy (non-hydrogen) atoms. The van der Waals surface area contributed by atoms with Crippen LogP contribution in [0.1, 0.15) is 23.1 Å². The minimum absolute atomic E-state index is 0.459. The van der Waals surface area contributed by atoms with Gasteiger partial charge in [-0.2, -0.15) is 0 Å². The summed E-state index contributed by atoms with van der Waals surface area (Å²) in [5.74, 6) is 0.849. The monoisotopic (exact) mass is 277 g/mol. The molecule has 1 aromatic heterocycles. The molecule has 102 valence electrons. The van der Waals surface area contributed by atoms with E-state index in [4.69, 9.17) is 10.5 Å². The predicted molar refractivity (Wildman–Crippen MR) is 80.4 cm³/mol. The molecule has 0 atom stereocenters. The highest BCUT2D eigenvalue weighted by Gasteiger charge is 2.07. The molecular formula is C14H19N3OS. The SMILES string of the molecule is CCOc1ccc(Nc2nc(C)c(C)s2)cc1CN. The molecule has 2 aromatic rings. The summed E-state index contributed by atoms with van der Waals surface area (Å²) in [5, 5.41) is 4.21. The molecule has 0 amide bonds. The minimum Gasteiger partial charge on any atom is -0.494 e. The molecule has 1 aromatic carbocycles. The molecule has 0 saturated carbocycles. The van der Waals surface area contributed by atoms with Gasteiger partial charge in [0.15, 0.2) is 5.13 Å². The van der Waals surface area contributed by atoms with Crippen LogP contribution in [0.2, 0.25) is 0 Å². The van der Waals surface area contributed by atoms with E-state index in [-0.39, 0.29) is 0 Å². The maximum Gasteiger partial charge on any atom is 0.187 e. The number of nitrogens with zero attached hydrogens (tertiary/aromatic N) is 1. The topological polar surface area (TPSA) is 60.2 Å². The number of hydrogen-bond acceptors (Lipinski definition) is 5. The number of aromatic nitrogens is 1. The van der Waals surface area contributed by atoms with Crippen molar-refractivity contribution in [3.8, 4) is 5.75 Å². The van der Waals surface area contributed by atoms with Crippen LogP contribution in [-0.4, -0.2) is 11.6 Å². The number of benzene rings is 1. The second kappa shape index (κ2) is 6.04. The van der Waals surface area contributed by atoms with Crippen molar-refractivity contribution in [1.82, 2.24) is 4.98 Å². The number of nitrogens with one attached hydrogen (secondary N) is 1. The molecular weight excluding hydrogens is 258 g/mol. The number of hydrogen-bond donors (Lipinski definition) is 2. The summed E-state index contributed by atoms with van der Waals surface area (Å²) in [6, 6.07) is 5.94. The van der Waals surface area contributed by atoms with Crippen molar-refractivity contribution in [3.05, 3.63) is 34.3 Å². The lowest BCUT2D eigenvalue weighted by atomic mass is 10.2. The fraction of sp³-hybridized carbons (Fsp3) is 0.357. The second-order valence-corrected chi connectivity index (χ2v) is 5.45. The molecule has 0 radical (unpaired) electrons. The molecule has 0 spiro atoms. The first-order valence-corrected chi connectivity index (χ1v) is 7.12. The van der Waals surface area contributed by atoms with Crippen molar-refractivity contribution in [3.63, 3.8) is 0 Å². The Morgan fingerprint density at radius 2 is 2.16 bits per heavy atom. The number of nitrogens with two attached hydrogens (primary N) is 1. The van der Waals surface area contributed by atoms with Crippen molar-refractivity contribution < 1.29 is 4.74 Å². The highest BCUT2D eigenvalue weighted by Crippen LogP contribution is 2.28. The van der Waals surface area contributed by atoms with Crippen molar-refractivity contribution >= 4 is 22.2 Å². The van der Waals surface area contributed by atoms with Crippen LogP contribution >= 0.6 is 11.3 Å². The van der Waals surface area contributed by atoms with Gasteiger partial charge in [-0.25, -0.2) is 4.98 Å². The molecule has 0 bridgehead atoms. The summed E-state index contributed by atoms with van der Waals surface area (Å²) >= 11 is 1.65. The van der Waals surface area contributed by atoms with Gasteiger partial charge in [0.05, 0.1) is 12.3 Å². The number of ether oxygens (including phenoxy) is 1. The van der Waals surface area contributed by atoms with Gasteiger partial charge in [0, 0.05) is 22.7 Å². The fourth-order valence-electron chi connectivity index (χ4n) is 1.76. The average Bonchev–Trinajstić information content (AvgIpc) is 2.70. The van der Waals surface area contributed by atoms with Crippen molar-refractivity contribution in [1.29, 1.82) is 0 Å². The first-order valence-electron chi connectivity index (χ1n) is 6.31. The molecule has 5 heteroatoms. The van der Waals surface area contributed by atoms with Gasteiger partial charge in [-0.3, -0.25) is 0 Å². The summed E-state index contributed by atoms with van der Waals surface area (Å²) in [6.07, 6.45) is 0. The third-order valence-electron chi connectivity index (χ3n) is 2.86. The van der Waals surface area contributed by atoms with E-state index in [1.165, 1.54) is 4.88 Å². The van der Waals surface area contributed by atoms with Gasteiger partial charge in [0.1, 0.15) is 5.75 Å². The van der Waals surface area contributed by atoms with E-state index in [1.807, 2.05) is 32.0 Å². The predicted octanol–water partition coefficient (Wildman–Crippen LogP) is 3.36.